The van der Waals surface area contributed by atoms with Crippen molar-refractivity contribution < 1.29 is 46.7 Å². The van der Waals surface area contributed by atoms with Crippen LogP contribution in [-0.4, -0.2) is 65.7 Å². The molecule has 2 fully saturated rings. The van der Waals surface area contributed by atoms with E-state index in [9.17, 15) is 32.3 Å². The number of cyclic esters (lactones) is 1. The van der Waals surface area contributed by atoms with Crippen LogP contribution in [0.3, 0.4) is 0 Å². The van der Waals surface area contributed by atoms with Crippen LogP contribution >= 0.6 is 0 Å². The van der Waals surface area contributed by atoms with Crippen LogP contribution < -0.4 is 0 Å². The van der Waals surface area contributed by atoms with Gasteiger partial charge >= 0.3 is 12.3 Å². The minimum atomic E-state index is -5.24. The number of hydrogen-bond donors (Lipinski definition) is 0. The van der Waals surface area contributed by atoms with Gasteiger partial charge in [0.05, 0.1) is 24.1 Å². The molecule has 0 spiro atoms. The number of benzene rings is 2. The molecule has 0 unspecified atom stereocenters. The lowest BCUT2D eigenvalue weighted by Gasteiger charge is -2.37. The van der Waals surface area contributed by atoms with Crippen molar-refractivity contribution in [2.24, 2.45) is 11.8 Å². The second-order valence-corrected chi connectivity index (χ2v) is 10.00. The van der Waals surface area contributed by atoms with Crippen LogP contribution in [0, 0.1) is 11.8 Å². The number of ketones is 1. The molecule has 40 heavy (non-hydrogen) atoms. The molecule has 2 aromatic rings. The highest BCUT2D eigenvalue weighted by molar-refractivity contribution is 6.39. The molecule has 0 N–H and O–H groups in total. The van der Waals surface area contributed by atoms with Gasteiger partial charge in [-0.2, -0.15) is 13.2 Å². The monoisotopic (exact) mass is 562 g/mol. The third-order valence-electron chi connectivity index (χ3n) is 7.31. The Kier molecular flexibility index (Phi) is 8.04. The van der Waals surface area contributed by atoms with E-state index in [1.165, 1.54) is 37.3 Å². The summed E-state index contributed by atoms with van der Waals surface area (Å²) in [5, 5.41) is 0.474. The smallest absolute Gasteiger partial charge is 0.431 e. The van der Waals surface area contributed by atoms with Gasteiger partial charge in [0, 0.05) is 12.7 Å². The number of carbonyl (C=O) groups excluding carboxylic acids is 4. The first kappa shape index (κ1) is 29.2. The Balaban J connectivity index is 1.81. The van der Waals surface area contributed by atoms with Gasteiger partial charge in [-0.05, 0) is 18.4 Å². The van der Waals surface area contributed by atoms with E-state index >= 15 is 0 Å². The van der Waals surface area contributed by atoms with Crippen LogP contribution in [0.2, 0.25) is 0 Å². The lowest BCUT2D eigenvalue weighted by molar-refractivity contribution is -0.285. The predicted molar refractivity (Wildman–Crippen MR) is 133 cm³/mol. The van der Waals surface area contributed by atoms with E-state index in [0.29, 0.717) is 5.06 Å². The molecule has 2 saturated heterocycles. The fraction of sp³-hybridized carbons (Fsp3) is 0.429. The number of methoxy groups -OCH3 is 1. The summed E-state index contributed by atoms with van der Waals surface area (Å²) < 4.78 is 54.1. The second kappa shape index (κ2) is 11.0. The van der Waals surface area contributed by atoms with E-state index in [0.717, 1.165) is 24.1 Å². The number of nitrogens with zero attached hydrogens (tertiary/aromatic N) is 2. The van der Waals surface area contributed by atoms with Crippen LogP contribution in [0.1, 0.15) is 37.9 Å². The first-order chi connectivity index (χ1) is 18.9. The van der Waals surface area contributed by atoms with E-state index in [1.807, 2.05) is 0 Å². The Morgan fingerprint density at radius 1 is 1.00 bits per heavy atom. The summed E-state index contributed by atoms with van der Waals surface area (Å²) in [5.41, 5.74) is -3.73. The van der Waals surface area contributed by atoms with Crippen molar-refractivity contribution in [1.29, 1.82) is 0 Å². The van der Waals surface area contributed by atoms with Gasteiger partial charge in [-0.1, -0.05) is 74.5 Å². The number of carbonyl (C=O) groups is 4. The van der Waals surface area contributed by atoms with Gasteiger partial charge in [0.2, 0.25) is 5.78 Å². The van der Waals surface area contributed by atoms with E-state index in [-0.39, 0.29) is 18.1 Å². The van der Waals surface area contributed by atoms with E-state index in [1.54, 1.807) is 32.0 Å². The molecule has 4 rings (SSSR count). The van der Waals surface area contributed by atoms with Gasteiger partial charge in [0.15, 0.2) is 0 Å². The molecule has 0 radical (unpaired) electrons. The highest BCUT2D eigenvalue weighted by Crippen LogP contribution is 2.48. The number of rotatable bonds is 7. The lowest BCUT2D eigenvalue weighted by atomic mass is 9.84. The first-order valence-electron chi connectivity index (χ1n) is 12.6. The topological polar surface area (TPSA) is 102 Å². The molecule has 3 amide bonds. The van der Waals surface area contributed by atoms with Crippen molar-refractivity contribution in [3.8, 4) is 0 Å². The number of alkyl halides is 3. The highest BCUT2D eigenvalue weighted by Gasteiger charge is 2.67. The van der Waals surface area contributed by atoms with Gasteiger partial charge in [0.25, 0.3) is 17.4 Å². The summed E-state index contributed by atoms with van der Waals surface area (Å²) in [5.74, 6) is -5.59. The third-order valence-corrected chi connectivity index (χ3v) is 7.31. The van der Waals surface area contributed by atoms with Gasteiger partial charge in [0.1, 0.15) is 6.61 Å². The average Bonchev–Trinajstić information content (AvgIpc) is 3.48. The van der Waals surface area contributed by atoms with Gasteiger partial charge in [-0.15, -0.1) is 0 Å². The van der Waals surface area contributed by atoms with Crippen LogP contribution in [0.15, 0.2) is 60.7 Å². The summed E-state index contributed by atoms with van der Waals surface area (Å²) in [6.45, 7) is 4.76. The molecule has 12 heteroatoms. The maximum atomic E-state index is 14.7. The summed E-state index contributed by atoms with van der Waals surface area (Å²) >= 11 is 0. The van der Waals surface area contributed by atoms with Crippen molar-refractivity contribution in [2.45, 2.75) is 50.7 Å². The first-order valence-corrected chi connectivity index (χ1v) is 12.6. The maximum Gasteiger partial charge on any atom is 0.431 e. The summed E-state index contributed by atoms with van der Waals surface area (Å²) in [4.78, 5) is 59.8. The van der Waals surface area contributed by atoms with Gasteiger partial charge in [-0.3, -0.25) is 19.2 Å². The van der Waals surface area contributed by atoms with Crippen molar-refractivity contribution in [3.05, 3.63) is 71.8 Å². The lowest BCUT2D eigenvalue weighted by Crippen LogP contribution is -2.56. The molecule has 0 saturated carbocycles. The number of Topliss-reactive ketones (excluding diaryl/α,β-unsaturated/α-hetero) is 1. The third kappa shape index (κ3) is 4.75. The molecule has 0 aliphatic carbocycles. The maximum absolute atomic E-state index is 14.7. The Hall–Kier alpha value is -3.77. The second-order valence-electron chi connectivity index (χ2n) is 10.00. The fourth-order valence-corrected chi connectivity index (χ4v) is 5.22. The minimum absolute atomic E-state index is 0.0992. The quantitative estimate of drug-likeness (QED) is 0.467. The number of halogens is 3. The fourth-order valence-electron chi connectivity index (χ4n) is 5.22. The number of imide groups is 1. The average molecular weight is 563 g/mol. The van der Waals surface area contributed by atoms with Crippen molar-refractivity contribution in [2.75, 3.05) is 13.7 Å². The van der Waals surface area contributed by atoms with Crippen molar-refractivity contribution >= 4 is 23.7 Å². The molecule has 9 nitrogen and oxygen atoms in total. The van der Waals surface area contributed by atoms with Crippen LogP contribution in [0.4, 0.5) is 18.0 Å². The summed E-state index contributed by atoms with van der Waals surface area (Å²) in [6, 6.07) is 12.0. The molecular formula is C28H29F3N2O7. The molecule has 2 aliphatic rings. The zero-order chi connectivity index (χ0) is 29.4. The standard InChI is InChI=1S/C28H29F3N2O7/c1-16(2)20-15-39-26(37)32(20)24(35)23(34)21-17(3)40-33(22(21)18-11-7-5-8-12-18)25(36)27(38-4,28(29,30)31)19-13-9-6-10-14-19/h5-14,16-17,20-22H,15H2,1-4H3/t17-,20-,21-,22-,27-/m1/s1. The van der Waals surface area contributed by atoms with Crippen LogP contribution in [0.5, 0.6) is 0 Å². The SMILES string of the molecule is CO[C@@](C(=O)N1O[C@H](C)[C@@H](C(=O)C(=O)N2C(=O)OC[C@@H]2C(C)C)[C@H]1c1ccccc1)(c1ccccc1)C(F)(F)F. The Morgan fingerprint density at radius 2 is 1.57 bits per heavy atom. The number of hydroxylamine groups is 2. The molecule has 2 heterocycles. The molecule has 0 aromatic heterocycles. The largest absolute Gasteiger partial charge is 0.447 e. The Labute approximate surface area is 228 Å². The molecule has 214 valence electrons. The van der Waals surface area contributed by atoms with E-state index < -0.39 is 65.1 Å². The zero-order valence-electron chi connectivity index (χ0n) is 22.3. The molecular weight excluding hydrogens is 533 g/mol. The minimum Gasteiger partial charge on any atom is -0.447 e. The number of ether oxygens (including phenoxy) is 2. The highest BCUT2D eigenvalue weighted by atomic mass is 19.4. The van der Waals surface area contributed by atoms with Gasteiger partial charge < -0.3 is 9.47 Å². The molecule has 2 aliphatic heterocycles. The Bertz CT molecular complexity index is 1270. The molecule has 2 aromatic carbocycles. The number of amides is 3. The summed E-state index contributed by atoms with van der Waals surface area (Å²) in [7, 11) is 0.757. The van der Waals surface area contributed by atoms with Crippen molar-refractivity contribution in [3.63, 3.8) is 0 Å². The molecule has 5 atom stereocenters. The normalized spacial score (nSPS) is 24.6. The Morgan fingerprint density at radius 3 is 2.10 bits per heavy atom. The summed E-state index contributed by atoms with van der Waals surface area (Å²) in [6.07, 6.45) is -7.46. The zero-order valence-corrected chi connectivity index (χ0v) is 22.3. The van der Waals surface area contributed by atoms with Crippen LogP contribution in [-0.2, 0) is 34.3 Å². The molecule has 0 bridgehead atoms. The number of hydrogen-bond acceptors (Lipinski definition) is 7. The van der Waals surface area contributed by atoms with Crippen LogP contribution in [0.25, 0.3) is 0 Å². The van der Waals surface area contributed by atoms with Gasteiger partial charge in [-0.25, -0.2) is 14.8 Å². The van der Waals surface area contributed by atoms with E-state index in [4.69, 9.17) is 14.3 Å². The predicted octanol–water partition coefficient (Wildman–Crippen LogP) is 4.18. The van der Waals surface area contributed by atoms with Crippen molar-refractivity contribution in [1.82, 2.24) is 9.96 Å². The van der Waals surface area contributed by atoms with E-state index in [2.05, 4.69) is 0 Å².